The van der Waals surface area contributed by atoms with E-state index < -0.39 is 4.92 Å². The van der Waals surface area contributed by atoms with E-state index in [1.54, 1.807) is 12.1 Å². The third-order valence-electron chi connectivity index (χ3n) is 2.36. The minimum absolute atomic E-state index is 0.179. The summed E-state index contributed by atoms with van der Waals surface area (Å²) in [5.41, 5.74) is 0.615. The average molecular weight is 338 g/mol. The Hall–Kier alpha value is -1.07. The van der Waals surface area contributed by atoms with Crippen molar-refractivity contribution in [3.8, 4) is 11.1 Å². The highest BCUT2D eigenvalue weighted by Gasteiger charge is 2.17. The van der Waals surface area contributed by atoms with E-state index >= 15 is 0 Å². The molecule has 8 heteroatoms. The van der Waals surface area contributed by atoms with E-state index in [4.69, 9.17) is 46.4 Å². The van der Waals surface area contributed by atoms with Crippen LogP contribution in [-0.4, -0.2) is 9.91 Å². The minimum Gasteiger partial charge on any atom is -0.258 e. The zero-order valence-corrected chi connectivity index (χ0v) is 12.1. The lowest BCUT2D eigenvalue weighted by atomic mass is 10.1. The third kappa shape index (κ3) is 2.77. The molecule has 2 rings (SSSR count). The molecule has 0 aliphatic carbocycles. The summed E-state index contributed by atoms with van der Waals surface area (Å²) in [7, 11) is 0. The summed E-state index contributed by atoms with van der Waals surface area (Å²) in [5.74, 6) is 0. The molecular weight excluding hydrogens is 334 g/mol. The summed E-state index contributed by atoms with van der Waals surface area (Å²) in [4.78, 5) is 14.0. The molecule has 0 radical (unpaired) electrons. The topological polar surface area (TPSA) is 56.0 Å². The van der Waals surface area contributed by atoms with E-state index in [1.165, 1.54) is 12.3 Å². The zero-order chi connectivity index (χ0) is 14.2. The van der Waals surface area contributed by atoms with Crippen LogP contribution in [0.25, 0.3) is 11.1 Å². The Morgan fingerprint density at radius 3 is 2.42 bits per heavy atom. The van der Waals surface area contributed by atoms with E-state index in [0.717, 1.165) is 0 Å². The second-order valence-corrected chi connectivity index (χ2v) is 5.04. The van der Waals surface area contributed by atoms with Crippen molar-refractivity contribution in [1.82, 2.24) is 4.98 Å². The Labute approximate surface area is 128 Å². The van der Waals surface area contributed by atoms with Gasteiger partial charge in [-0.05, 0) is 6.07 Å². The van der Waals surface area contributed by atoms with E-state index in [-0.39, 0.29) is 20.9 Å². The van der Waals surface area contributed by atoms with Gasteiger partial charge in [-0.3, -0.25) is 10.1 Å². The fourth-order valence-corrected chi connectivity index (χ4v) is 2.28. The highest BCUT2D eigenvalue weighted by Crippen LogP contribution is 2.39. The third-order valence-corrected chi connectivity index (χ3v) is 3.95. The first-order chi connectivity index (χ1) is 8.91. The van der Waals surface area contributed by atoms with Crippen molar-refractivity contribution in [3.05, 3.63) is 54.7 Å². The van der Waals surface area contributed by atoms with Crippen molar-refractivity contribution in [2.45, 2.75) is 0 Å². The number of halogens is 4. The van der Waals surface area contributed by atoms with Crippen molar-refractivity contribution in [1.29, 1.82) is 0 Å². The molecule has 0 saturated carbocycles. The van der Waals surface area contributed by atoms with Crippen molar-refractivity contribution in [2.75, 3.05) is 0 Å². The number of hydrogen-bond acceptors (Lipinski definition) is 3. The highest BCUT2D eigenvalue weighted by molar-refractivity contribution is 6.49. The summed E-state index contributed by atoms with van der Waals surface area (Å²) in [5, 5.41) is 11.3. The molecule has 0 atom stereocenters. The van der Waals surface area contributed by atoms with Crippen LogP contribution < -0.4 is 0 Å². The number of rotatable bonds is 2. The lowest BCUT2D eigenvalue weighted by Gasteiger charge is -2.07. The number of hydrogen-bond donors (Lipinski definition) is 0. The van der Waals surface area contributed by atoms with Crippen LogP contribution in [-0.2, 0) is 0 Å². The first kappa shape index (κ1) is 14.3. The molecule has 1 aromatic heterocycles. The smallest absolute Gasteiger partial charge is 0.258 e. The van der Waals surface area contributed by atoms with Crippen LogP contribution in [0, 0.1) is 10.1 Å². The van der Waals surface area contributed by atoms with Gasteiger partial charge in [0.05, 0.1) is 20.0 Å². The molecule has 4 nitrogen and oxygen atoms in total. The summed E-state index contributed by atoms with van der Waals surface area (Å²) < 4.78 is 0. The van der Waals surface area contributed by atoms with Gasteiger partial charge >= 0.3 is 5.69 Å². The lowest BCUT2D eigenvalue weighted by molar-refractivity contribution is -0.385. The predicted octanol–water partition coefficient (Wildman–Crippen LogP) is 5.27. The number of aromatic nitrogens is 1. The molecule has 0 unspecified atom stereocenters. The Bertz CT molecular complexity index is 676. The number of nitro groups is 1. The van der Waals surface area contributed by atoms with Crippen molar-refractivity contribution >= 4 is 52.1 Å². The predicted molar refractivity (Wildman–Crippen MR) is 76.4 cm³/mol. The second kappa shape index (κ2) is 5.51. The van der Waals surface area contributed by atoms with E-state index in [1.807, 2.05) is 0 Å². The van der Waals surface area contributed by atoms with Gasteiger partial charge < -0.3 is 0 Å². The molecule has 0 amide bonds. The van der Waals surface area contributed by atoms with E-state index in [0.29, 0.717) is 16.1 Å². The molecule has 0 aliphatic heterocycles. The second-order valence-electron chi connectivity index (χ2n) is 3.51. The van der Waals surface area contributed by atoms with Crippen LogP contribution in [0.3, 0.4) is 0 Å². The van der Waals surface area contributed by atoms with Crippen molar-refractivity contribution in [2.24, 2.45) is 0 Å². The Balaban J connectivity index is 2.63. The molecule has 1 heterocycles. The molecule has 1 aromatic carbocycles. The Kier molecular flexibility index (Phi) is 4.16. The lowest BCUT2D eigenvalue weighted by Crippen LogP contribution is -1.93. The van der Waals surface area contributed by atoms with Gasteiger partial charge in [-0.25, -0.2) is 4.98 Å². The van der Waals surface area contributed by atoms with Crippen LogP contribution in [0.1, 0.15) is 0 Å². The van der Waals surface area contributed by atoms with Gasteiger partial charge in [-0.15, -0.1) is 0 Å². The normalized spacial score (nSPS) is 10.5. The van der Waals surface area contributed by atoms with Crippen molar-refractivity contribution in [3.63, 3.8) is 0 Å². The van der Waals surface area contributed by atoms with Gasteiger partial charge in [-0.1, -0.05) is 52.5 Å². The van der Waals surface area contributed by atoms with Gasteiger partial charge in [0.25, 0.3) is 0 Å². The molecule has 0 bridgehead atoms. The first-order valence-electron chi connectivity index (χ1n) is 4.85. The van der Waals surface area contributed by atoms with Crippen LogP contribution in [0.4, 0.5) is 5.69 Å². The van der Waals surface area contributed by atoms with Crippen molar-refractivity contribution < 1.29 is 4.92 Å². The Morgan fingerprint density at radius 1 is 1.11 bits per heavy atom. The maximum Gasteiger partial charge on any atom is 0.307 e. The van der Waals surface area contributed by atoms with E-state index in [2.05, 4.69) is 4.98 Å². The highest BCUT2D eigenvalue weighted by atomic mass is 35.5. The standard InChI is InChI=1S/C11H4Cl4N2O2/c12-7-2-1-6(9(13)10(7)14)5-3-8(17(18)19)11(15)16-4-5/h1-4H. The molecule has 19 heavy (non-hydrogen) atoms. The number of benzene rings is 1. The summed E-state index contributed by atoms with van der Waals surface area (Å²) in [6, 6.07) is 4.43. The number of nitrogens with zero attached hydrogens (tertiary/aromatic N) is 2. The van der Waals surface area contributed by atoms with E-state index in [9.17, 15) is 10.1 Å². The molecule has 0 spiro atoms. The SMILES string of the molecule is O=[N+]([O-])c1cc(-c2ccc(Cl)c(Cl)c2Cl)cnc1Cl. The fourth-order valence-electron chi connectivity index (χ4n) is 1.46. The van der Waals surface area contributed by atoms with Gasteiger partial charge in [0, 0.05) is 23.4 Å². The molecule has 2 aromatic rings. The van der Waals surface area contributed by atoms with Gasteiger partial charge in [0.2, 0.25) is 5.15 Å². The largest absolute Gasteiger partial charge is 0.307 e. The molecule has 0 aliphatic rings. The average Bonchev–Trinajstić information content (AvgIpc) is 2.37. The van der Waals surface area contributed by atoms with Gasteiger partial charge in [-0.2, -0.15) is 0 Å². The summed E-state index contributed by atoms with van der Waals surface area (Å²) >= 11 is 23.4. The maximum atomic E-state index is 10.8. The Morgan fingerprint density at radius 2 is 1.79 bits per heavy atom. The zero-order valence-electron chi connectivity index (χ0n) is 9.03. The molecule has 0 fully saturated rings. The quantitative estimate of drug-likeness (QED) is 0.324. The van der Waals surface area contributed by atoms with Crippen LogP contribution in [0.15, 0.2) is 24.4 Å². The monoisotopic (exact) mass is 336 g/mol. The molecular formula is C11H4Cl4N2O2. The van der Waals surface area contributed by atoms with Crippen LogP contribution in [0.5, 0.6) is 0 Å². The first-order valence-corrected chi connectivity index (χ1v) is 6.37. The minimum atomic E-state index is -0.621. The number of pyridine rings is 1. The molecule has 98 valence electrons. The molecule has 0 saturated heterocycles. The van der Waals surface area contributed by atoms with Crippen LogP contribution >= 0.6 is 46.4 Å². The van der Waals surface area contributed by atoms with Gasteiger partial charge in [0.15, 0.2) is 0 Å². The fraction of sp³-hybridized carbons (Fsp3) is 0. The summed E-state index contributed by atoms with van der Waals surface area (Å²) in [6.45, 7) is 0. The maximum absolute atomic E-state index is 10.8. The van der Waals surface area contributed by atoms with Crippen LogP contribution in [0.2, 0.25) is 20.2 Å². The van der Waals surface area contributed by atoms with Gasteiger partial charge in [0.1, 0.15) is 0 Å². The molecule has 0 N–H and O–H groups in total. The summed E-state index contributed by atoms with van der Waals surface area (Å²) in [6.07, 6.45) is 1.38.